The number of urea groups is 1. The number of thiophene rings is 1. The molecule has 2 heterocycles. The molecule has 1 unspecified atom stereocenters. The van der Waals surface area contributed by atoms with Crippen LogP contribution >= 0.6 is 11.3 Å². The predicted octanol–water partition coefficient (Wildman–Crippen LogP) is 4.47. The van der Waals surface area contributed by atoms with Gasteiger partial charge in [-0.15, -0.1) is 11.3 Å². The van der Waals surface area contributed by atoms with Crippen LogP contribution in [0.1, 0.15) is 58.3 Å². The molecule has 0 spiro atoms. The molecule has 0 aliphatic carbocycles. The van der Waals surface area contributed by atoms with Crippen LogP contribution in [0.2, 0.25) is 0 Å². The Kier molecular flexibility index (Phi) is 8.80. The van der Waals surface area contributed by atoms with Crippen LogP contribution in [-0.4, -0.2) is 36.5 Å². The Morgan fingerprint density at radius 1 is 1.24 bits per heavy atom. The first-order valence-electron chi connectivity index (χ1n) is 9.58. The number of anilines is 1. The van der Waals surface area contributed by atoms with Crippen molar-refractivity contribution in [3.63, 3.8) is 0 Å². The van der Waals surface area contributed by atoms with Crippen molar-refractivity contribution in [3.05, 3.63) is 17.5 Å². The molecule has 25 heavy (non-hydrogen) atoms. The second-order valence-electron chi connectivity index (χ2n) is 6.75. The number of rotatable bonds is 9. The minimum absolute atomic E-state index is 0.0806. The lowest BCUT2D eigenvalue weighted by Crippen LogP contribution is -2.47. The summed E-state index contributed by atoms with van der Waals surface area (Å²) in [5.74, 6) is 0.0186. The van der Waals surface area contributed by atoms with E-state index in [9.17, 15) is 9.59 Å². The van der Waals surface area contributed by atoms with Crippen molar-refractivity contribution in [2.24, 2.45) is 5.92 Å². The summed E-state index contributed by atoms with van der Waals surface area (Å²) in [6.07, 6.45) is 9.08. The van der Waals surface area contributed by atoms with Crippen molar-refractivity contribution in [2.75, 3.05) is 25.0 Å². The van der Waals surface area contributed by atoms with Crippen LogP contribution in [0.4, 0.5) is 9.80 Å². The van der Waals surface area contributed by atoms with E-state index < -0.39 is 0 Å². The van der Waals surface area contributed by atoms with Crippen LogP contribution < -0.4 is 10.6 Å². The van der Waals surface area contributed by atoms with Crippen molar-refractivity contribution in [2.45, 2.75) is 58.3 Å². The first-order chi connectivity index (χ1) is 12.2. The van der Waals surface area contributed by atoms with E-state index in [1.54, 1.807) is 4.90 Å². The first kappa shape index (κ1) is 19.8. The molecule has 0 bridgehead atoms. The summed E-state index contributed by atoms with van der Waals surface area (Å²) in [5.41, 5.74) is 0. The number of hydrogen-bond donors (Lipinski definition) is 2. The van der Waals surface area contributed by atoms with Gasteiger partial charge in [0.15, 0.2) is 0 Å². The van der Waals surface area contributed by atoms with E-state index in [1.807, 2.05) is 17.5 Å². The van der Waals surface area contributed by atoms with E-state index >= 15 is 0 Å². The molecule has 1 aromatic heterocycles. The van der Waals surface area contributed by atoms with Gasteiger partial charge in [-0.25, -0.2) is 4.79 Å². The van der Waals surface area contributed by atoms with Gasteiger partial charge >= 0.3 is 6.03 Å². The molecule has 0 saturated carbocycles. The minimum atomic E-state index is -0.101. The van der Waals surface area contributed by atoms with Gasteiger partial charge in [-0.2, -0.15) is 0 Å². The molecule has 1 fully saturated rings. The fraction of sp³-hybridized carbons (Fsp3) is 0.684. The van der Waals surface area contributed by atoms with E-state index in [2.05, 4.69) is 17.6 Å². The third-order valence-corrected chi connectivity index (χ3v) is 5.45. The van der Waals surface area contributed by atoms with Crippen molar-refractivity contribution >= 4 is 28.3 Å². The number of carbonyl (C=O) groups is 2. The molecule has 1 aliphatic rings. The summed E-state index contributed by atoms with van der Waals surface area (Å²) in [4.78, 5) is 26.4. The lowest BCUT2D eigenvalue weighted by atomic mass is 9.97. The predicted molar refractivity (Wildman–Crippen MR) is 104 cm³/mol. The van der Waals surface area contributed by atoms with Crippen LogP contribution in [0, 0.1) is 5.92 Å². The maximum absolute atomic E-state index is 12.4. The zero-order valence-corrected chi connectivity index (χ0v) is 16.1. The van der Waals surface area contributed by atoms with Gasteiger partial charge in [-0.1, -0.05) is 39.0 Å². The highest BCUT2D eigenvalue weighted by Crippen LogP contribution is 2.20. The molecule has 1 aliphatic heterocycles. The lowest BCUT2D eigenvalue weighted by molar-refractivity contribution is -0.126. The van der Waals surface area contributed by atoms with Crippen molar-refractivity contribution in [1.82, 2.24) is 10.2 Å². The van der Waals surface area contributed by atoms with Crippen molar-refractivity contribution < 1.29 is 9.59 Å². The van der Waals surface area contributed by atoms with Crippen LogP contribution in [0.5, 0.6) is 0 Å². The highest BCUT2D eigenvalue weighted by Gasteiger charge is 2.28. The number of nitrogens with zero attached hydrogens (tertiary/aromatic N) is 1. The molecule has 5 nitrogen and oxygen atoms in total. The van der Waals surface area contributed by atoms with Gasteiger partial charge in [0.2, 0.25) is 5.91 Å². The highest BCUT2D eigenvalue weighted by molar-refractivity contribution is 7.14. The molecular weight excluding hydrogens is 334 g/mol. The minimum Gasteiger partial charge on any atom is -0.356 e. The van der Waals surface area contributed by atoms with Crippen molar-refractivity contribution in [1.29, 1.82) is 0 Å². The molecule has 140 valence electrons. The summed E-state index contributed by atoms with van der Waals surface area (Å²) in [6, 6.07) is 3.70. The Hall–Kier alpha value is -1.56. The van der Waals surface area contributed by atoms with Gasteiger partial charge < -0.3 is 10.2 Å². The number of nitrogens with one attached hydrogen (secondary N) is 2. The standard InChI is InChI=1S/C19H31N3O2S/c1-2-3-4-5-6-7-12-20-18(23)16-10-8-13-22(15-16)19(24)21-17-11-9-14-25-17/h9,11,14,16H,2-8,10,12-13,15H2,1H3,(H,20,23)(H,21,24). The third kappa shape index (κ3) is 7.06. The Balaban J connectivity index is 1.65. The number of carbonyl (C=O) groups excluding carboxylic acids is 2. The SMILES string of the molecule is CCCCCCCCNC(=O)C1CCCN(C(=O)Nc2cccs2)C1. The van der Waals surface area contributed by atoms with Crippen LogP contribution in [0.15, 0.2) is 17.5 Å². The average Bonchev–Trinajstić information content (AvgIpc) is 3.14. The van der Waals surface area contributed by atoms with Gasteiger partial charge in [0.05, 0.1) is 10.9 Å². The smallest absolute Gasteiger partial charge is 0.322 e. The van der Waals surface area contributed by atoms with E-state index in [4.69, 9.17) is 0 Å². The summed E-state index contributed by atoms with van der Waals surface area (Å²) < 4.78 is 0. The number of hydrogen-bond acceptors (Lipinski definition) is 3. The van der Waals surface area contributed by atoms with E-state index in [0.717, 1.165) is 37.4 Å². The van der Waals surface area contributed by atoms with Gasteiger partial charge in [0, 0.05) is 19.6 Å². The maximum Gasteiger partial charge on any atom is 0.322 e. The Morgan fingerprint density at radius 2 is 2.04 bits per heavy atom. The maximum atomic E-state index is 12.4. The number of piperidine rings is 1. The molecule has 2 rings (SSSR count). The van der Waals surface area contributed by atoms with Gasteiger partial charge in [-0.3, -0.25) is 10.1 Å². The zero-order valence-electron chi connectivity index (χ0n) is 15.3. The number of likely N-dealkylation sites (tertiary alicyclic amines) is 1. The molecule has 2 N–H and O–H groups in total. The van der Waals surface area contributed by atoms with Gasteiger partial charge in [0.1, 0.15) is 0 Å². The van der Waals surface area contributed by atoms with Crippen LogP contribution in [0.25, 0.3) is 0 Å². The van der Waals surface area contributed by atoms with Crippen LogP contribution in [0.3, 0.4) is 0 Å². The Bertz CT molecular complexity index is 519. The second-order valence-corrected chi connectivity index (χ2v) is 7.70. The summed E-state index contributed by atoms with van der Waals surface area (Å²) in [6.45, 7) is 4.20. The second kappa shape index (κ2) is 11.1. The molecule has 1 saturated heterocycles. The number of amides is 3. The molecule has 0 aromatic carbocycles. The summed E-state index contributed by atoms with van der Waals surface area (Å²) in [7, 11) is 0. The fourth-order valence-electron chi connectivity index (χ4n) is 3.17. The lowest BCUT2D eigenvalue weighted by Gasteiger charge is -2.31. The van der Waals surface area contributed by atoms with E-state index in [1.165, 1.54) is 43.4 Å². The molecular formula is C19H31N3O2S. The molecule has 3 amide bonds. The number of unbranched alkanes of at least 4 members (excludes halogenated alkanes) is 5. The third-order valence-electron chi connectivity index (χ3n) is 4.66. The van der Waals surface area contributed by atoms with Gasteiger partial charge in [-0.05, 0) is 36.8 Å². The monoisotopic (exact) mass is 365 g/mol. The summed E-state index contributed by atoms with van der Waals surface area (Å²) in [5, 5.41) is 8.74. The normalized spacial score (nSPS) is 17.3. The van der Waals surface area contributed by atoms with E-state index in [-0.39, 0.29) is 17.9 Å². The topological polar surface area (TPSA) is 61.4 Å². The van der Waals surface area contributed by atoms with Gasteiger partial charge in [0.25, 0.3) is 0 Å². The summed E-state index contributed by atoms with van der Waals surface area (Å²) >= 11 is 1.50. The van der Waals surface area contributed by atoms with Crippen LogP contribution in [-0.2, 0) is 4.79 Å². The van der Waals surface area contributed by atoms with E-state index in [0.29, 0.717) is 6.54 Å². The molecule has 0 radical (unpaired) electrons. The Morgan fingerprint density at radius 3 is 2.80 bits per heavy atom. The average molecular weight is 366 g/mol. The largest absolute Gasteiger partial charge is 0.356 e. The molecule has 1 atom stereocenters. The zero-order chi connectivity index (χ0) is 17.9. The molecule has 6 heteroatoms. The fourth-order valence-corrected chi connectivity index (χ4v) is 3.78. The molecule has 1 aromatic rings. The first-order valence-corrected chi connectivity index (χ1v) is 10.5. The Labute approximate surface area is 155 Å². The van der Waals surface area contributed by atoms with Crippen molar-refractivity contribution in [3.8, 4) is 0 Å². The quantitative estimate of drug-likeness (QED) is 0.634. The highest BCUT2D eigenvalue weighted by atomic mass is 32.1.